The van der Waals surface area contributed by atoms with E-state index in [1.54, 1.807) is 0 Å². The summed E-state index contributed by atoms with van der Waals surface area (Å²) in [6, 6.07) is 20.7. The van der Waals surface area contributed by atoms with Gasteiger partial charge in [-0.3, -0.25) is 4.79 Å². The van der Waals surface area contributed by atoms with Crippen molar-refractivity contribution in [2.75, 3.05) is 6.61 Å². The van der Waals surface area contributed by atoms with Gasteiger partial charge in [-0.15, -0.1) is 0 Å². The molecule has 0 aliphatic heterocycles. The highest BCUT2D eigenvalue weighted by Gasteiger charge is 2.14. The third-order valence-corrected chi connectivity index (χ3v) is 3.78. The van der Waals surface area contributed by atoms with Crippen molar-refractivity contribution in [3.05, 3.63) is 71.8 Å². The van der Waals surface area contributed by atoms with Gasteiger partial charge in [-0.1, -0.05) is 60.7 Å². The zero-order chi connectivity index (χ0) is 16.3. The first-order valence-electron chi connectivity index (χ1n) is 8.24. The van der Waals surface area contributed by atoms with Gasteiger partial charge in [0.25, 0.3) is 0 Å². The van der Waals surface area contributed by atoms with Crippen LogP contribution in [0.1, 0.15) is 30.9 Å². The molecule has 1 N–H and O–H groups in total. The van der Waals surface area contributed by atoms with Gasteiger partial charge in [-0.05, 0) is 30.9 Å². The standard InChI is InChI=1S/C20H25NO2/c1-2-23-20(22)15-19(14-13-17-9-5-3-6-10-17)21-16-18-11-7-4-8-12-18/h3-12,19,21H,2,13-16H2,1H3/t19-/m1/s1. The van der Waals surface area contributed by atoms with E-state index in [1.165, 1.54) is 11.1 Å². The summed E-state index contributed by atoms with van der Waals surface area (Å²) < 4.78 is 5.10. The SMILES string of the molecule is CCOC(=O)C[C@@H](CCc1ccccc1)NCc1ccccc1. The van der Waals surface area contributed by atoms with Crippen LogP contribution in [0.25, 0.3) is 0 Å². The minimum absolute atomic E-state index is 0.120. The van der Waals surface area contributed by atoms with E-state index in [0.717, 1.165) is 19.4 Å². The van der Waals surface area contributed by atoms with E-state index in [1.807, 2.05) is 43.3 Å². The molecule has 0 aromatic heterocycles. The number of hydrogen-bond acceptors (Lipinski definition) is 3. The van der Waals surface area contributed by atoms with Gasteiger partial charge in [-0.25, -0.2) is 0 Å². The Morgan fingerprint density at radius 3 is 2.22 bits per heavy atom. The van der Waals surface area contributed by atoms with E-state index < -0.39 is 0 Å². The molecule has 0 fully saturated rings. The van der Waals surface area contributed by atoms with Crippen molar-refractivity contribution in [3.8, 4) is 0 Å². The van der Waals surface area contributed by atoms with Crippen LogP contribution in [0.15, 0.2) is 60.7 Å². The summed E-state index contributed by atoms with van der Waals surface area (Å²) in [4.78, 5) is 11.8. The second-order valence-corrected chi connectivity index (χ2v) is 5.60. The van der Waals surface area contributed by atoms with Gasteiger partial charge in [-0.2, -0.15) is 0 Å². The Labute approximate surface area is 138 Å². The highest BCUT2D eigenvalue weighted by Crippen LogP contribution is 2.09. The largest absolute Gasteiger partial charge is 0.466 e. The lowest BCUT2D eigenvalue weighted by Crippen LogP contribution is -2.32. The monoisotopic (exact) mass is 311 g/mol. The maximum absolute atomic E-state index is 11.8. The van der Waals surface area contributed by atoms with Crippen LogP contribution < -0.4 is 5.32 Å². The normalized spacial score (nSPS) is 11.9. The molecule has 2 rings (SSSR count). The third-order valence-electron chi connectivity index (χ3n) is 3.78. The second-order valence-electron chi connectivity index (χ2n) is 5.60. The average Bonchev–Trinajstić information content (AvgIpc) is 2.59. The molecule has 2 aromatic rings. The molecule has 0 aliphatic rings. The number of carbonyl (C=O) groups is 1. The molecule has 3 nitrogen and oxygen atoms in total. The first kappa shape index (κ1) is 17.2. The summed E-state index contributed by atoms with van der Waals surface area (Å²) in [6.45, 7) is 3.04. The fourth-order valence-corrected chi connectivity index (χ4v) is 2.54. The smallest absolute Gasteiger partial charge is 0.307 e. The first-order valence-corrected chi connectivity index (χ1v) is 8.24. The molecule has 23 heavy (non-hydrogen) atoms. The van der Waals surface area contributed by atoms with Gasteiger partial charge in [0.15, 0.2) is 0 Å². The molecule has 0 heterocycles. The first-order chi connectivity index (χ1) is 11.3. The van der Waals surface area contributed by atoms with Gasteiger partial charge in [0.05, 0.1) is 13.0 Å². The van der Waals surface area contributed by atoms with Gasteiger partial charge >= 0.3 is 5.97 Å². The van der Waals surface area contributed by atoms with Crippen molar-refractivity contribution in [2.24, 2.45) is 0 Å². The number of rotatable bonds is 9. The van der Waals surface area contributed by atoms with Gasteiger partial charge in [0.1, 0.15) is 0 Å². The molecule has 2 aromatic carbocycles. The minimum atomic E-state index is -0.133. The lowest BCUT2D eigenvalue weighted by atomic mass is 10.0. The number of benzene rings is 2. The molecular formula is C20H25NO2. The molecular weight excluding hydrogens is 286 g/mol. The van der Waals surface area contributed by atoms with Crippen LogP contribution in [0.5, 0.6) is 0 Å². The molecule has 3 heteroatoms. The minimum Gasteiger partial charge on any atom is -0.466 e. The van der Waals surface area contributed by atoms with Gasteiger partial charge in [0, 0.05) is 12.6 Å². The van der Waals surface area contributed by atoms with E-state index in [9.17, 15) is 4.79 Å². The number of carbonyl (C=O) groups excluding carboxylic acids is 1. The fourth-order valence-electron chi connectivity index (χ4n) is 2.54. The van der Waals surface area contributed by atoms with Gasteiger partial charge < -0.3 is 10.1 Å². The van der Waals surface area contributed by atoms with Crippen LogP contribution in [0.4, 0.5) is 0 Å². The highest BCUT2D eigenvalue weighted by molar-refractivity contribution is 5.70. The number of ether oxygens (including phenoxy) is 1. The van der Waals surface area contributed by atoms with Crippen molar-refractivity contribution >= 4 is 5.97 Å². The van der Waals surface area contributed by atoms with Gasteiger partial charge in [0.2, 0.25) is 0 Å². The Morgan fingerprint density at radius 2 is 1.61 bits per heavy atom. The Kier molecular flexibility index (Phi) is 7.34. The molecule has 122 valence electrons. The number of aryl methyl sites for hydroxylation is 1. The van der Waals surface area contributed by atoms with E-state index in [4.69, 9.17) is 4.74 Å². The summed E-state index contributed by atoms with van der Waals surface area (Å²) in [5, 5.41) is 3.49. The Hall–Kier alpha value is -2.13. The predicted octanol–water partition coefficient (Wildman–Crippen LogP) is 3.73. The van der Waals surface area contributed by atoms with Crippen molar-refractivity contribution in [3.63, 3.8) is 0 Å². The van der Waals surface area contributed by atoms with E-state index in [0.29, 0.717) is 13.0 Å². The summed E-state index contributed by atoms with van der Waals surface area (Å²) in [5.41, 5.74) is 2.52. The van der Waals surface area contributed by atoms with Crippen LogP contribution in [0, 0.1) is 0 Å². The van der Waals surface area contributed by atoms with Crippen LogP contribution in [-0.2, 0) is 22.5 Å². The Bertz CT molecular complexity index is 525. The summed E-state index contributed by atoms with van der Waals surface area (Å²) >= 11 is 0. The van der Waals surface area contributed by atoms with Crippen molar-refractivity contribution in [1.29, 1.82) is 0 Å². The van der Waals surface area contributed by atoms with Crippen LogP contribution in [-0.4, -0.2) is 18.6 Å². The van der Waals surface area contributed by atoms with Crippen LogP contribution in [0.2, 0.25) is 0 Å². The molecule has 0 spiro atoms. The lowest BCUT2D eigenvalue weighted by Gasteiger charge is -2.18. The van der Waals surface area contributed by atoms with Crippen molar-refractivity contribution < 1.29 is 9.53 Å². The maximum Gasteiger partial charge on any atom is 0.307 e. The van der Waals surface area contributed by atoms with Crippen molar-refractivity contribution in [1.82, 2.24) is 5.32 Å². The number of esters is 1. The zero-order valence-electron chi connectivity index (χ0n) is 13.7. The third kappa shape index (κ3) is 6.66. The molecule has 0 saturated carbocycles. The quantitative estimate of drug-likeness (QED) is 0.717. The Morgan fingerprint density at radius 1 is 1.00 bits per heavy atom. The maximum atomic E-state index is 11.8. The molecule has 0 radical (unpaired) electrons. The van der Waals surface area contributed by atoms with Crippen LogP contribution in [0.3, 0.4) is 0 Å². The molecule has 0 bridgehead atoms. The van der Waals surface area contributed by atoms with E-state index in [-0.39, 0.29) is 12.0 Å². The van der Waals surface area contributed by atoms with E-state index >= 15 is 0 Å². The number of hydrogen-bond donors (Lipinski definition) is 1. The summed E-state index contributed by atoms with van der Waals surface area (Å²) in [6.07, 6.45) is 2.27. The zero-order valence-corrected chi connectivity index (χ0v) is 13.7. The van der Waals surface area contributed by atoms with E-state index in [2.05, 4.69) is 29.6 Å². The topological polar surface area (TPSA) is 38.3 Å². The molecule has 0 unspecified atom stereocenters. The Balaban J connectivity index is 1.89. The number of nitrogens with one attached hydrogen (secondary N) is 1. The molecule has 0 aliphatic carbocycles. The second kappa shape index (κ2) is 9.80. The van der Waals surface area contributed by atoms with Crippen LogP contribution >= 0.6 is 0 Å². The predicted molar refractivity (Wildman–Crippen MR) is 93.1 cm³/mol. The molecule has 0 amide bonds. The summed E-state index contributed by atoms with van der Waals surface area (Å²) in [5.74, 6) is -0.133. The molecule has 1 atom stereocenters. The lowest BCUT2D eigenvalue weighted by molar-refractivity contribution is -0.143. The van der Waals surface area contributed by atoms with Crippen molar-refractivity contribution in [2.45, 2.75) is 38.8 Å². The average molecular weight is 311 g/mol. The highest BCUT2D eigenvalue weighted by atomic mass is 16.5. The fraction of sp³-hybridized carbons (Fsp3) is 0.350. The summed E-state index contributed by atoms with van der Waals surface area (Å²) in [7, 11) is 0. The molecule has 0 saturated heterocycles.